The fraction of sp³-hybridized carbons (Fsp3) is 0.500. The standard InChI is InChI=1S/C16H23NO3/c1-5-20-15(19)16(3,4)14(18)11(2)13(17)12-9-7-6-8-10-12/h6-11,13H,5,17H2,1-4H3/t11-,13+/m0/s1. The highest BCUT2D eigenvalue weighted by Gasteiger charge is 2.41. The number of benzene rings is 1. The van der Waals surface area contributed by atoms with E-state index < -0.39 is 23.3 Å². The van der Waals surface area contributed by atoms with Crippen molar-refractivity contribution in [3.63, 3.8) is 0 Å². The SMILES string of the molecule is CCOC(=O)C(C)(C)C(=O)[C@@H](C)[C@@H](N)c1ccccc1. The molecular formula is C16H23NO3. The highest BCUT2D eigenvalue weighted by Crippen LogP contribution is 2.29. The van der Waals surface area contributed by atoms with Gasteiger partial charge in [-0.15, -0.1) is 0 Å². The monoisotopic (exact) mass is 277 g/mol. The second-order valence-electron chi connectivity index (χ2n) is 5.43. The second kappa shape index (κ2) is 6.66. The van der Waals surface area contributed by atoms with Crippen LogP contribution >= 0.6 is 0 Å². The van der Waals surface area contributed by atoms with Crippen molar-refractivity contribution in [2.45, 2.75) is 33.7 Å². The molecule has 0 saturated carbocycles. The van der Waals surface area contributed by atoms with Crippen molar-refractivity contribution in [1.29, 1.82) is 0 Å². The van der Waals surface area contributed by atoms with Crippen molar-refractivity contribution in [1.82, 2.24) is 0 Å². The molecule has 1 aromatic carbocycles. The molecule has 0 heterocycles. The molecule has 0 saturated heterocycles. The summed E-state index contributed by atoms with van der Waals surface area (Å²) >= 11 is 0. The van der Waals surface area contributed by atoms with E-state index in [9.17, 15) is 9.59 Å². The number of carbonyl (C=O) groups excluding carboxylic acids is 2. The zero-order chi connectivity index (χ0) is 15.3. The van der Waals surface area contributed by atoms with Gasteiger partial charge in [0, 0.05) is 12.0 Å². The number of rotatable bonds is 6. The van der Waals surface area contributed by atoms with E-state index in [1.165, 1.54) is 0 Å². The lowest BCUT2D eigenvalue weighted by Gasteiger charge is -2.27. The molecule has 0 fully saturated rings. The number of ketones is 1. The number of hydrogen-bond donors (Lipinski definition) is 1. The quantitative estimate of drug-likeness (QED) is 0.640. The first-order valence-electron chi connectivity index (χ1n) is 6.84. The first kappa shape index (κ1) is 16.4. The van der Waals surface area contributed by atoms with Crippen LogP contribution in [-0.4, -0.2) is 18.4 Å². The van der Waals surface area contributed by atoms with Crippen LogP contribution in [0.4, 0.5) is 0 Å². The molecule has 0 radical (unpaired) electrons. The van der Waals surface area contributed by atoms with Crippen molar-refractivity contribution in [2.24, 2.45) is 17.1 Å². The number of carbonyl (C=O) groups is 2. The number of nitrogens with two attached hydrogens (primary N) is 1. The van der Waals surface area contributed by atoms with E-state index in [0.717, 1.165) is 5.56 Å². The third kappa shape index (κ3) is 3.45. The summed E-state index contributed by atoms with van der Waals surface area (Å²) in [4.78, 5) is 24.4. The minimum atomic E-state index is -1.18. The van der Waals surface area contributed by atoms with E-state index in [2.05, 4.69) is 0 Å². The Morgan fingerprint density at radius 3 is 2.30 bits per heavy atom. The Bertz CT molecular complexity index is 468. The molecule has 0 amide bonds. The second-order valence-corrected chi connectivity index (χ2v) is 5.43. The number of Topliss-reactive ketones (excluding diaryl/α,β-unsaturated/α-hetero) is 1. The summed E-state index contributed by atoms with van der Waals surface area (Å²) in [6.45, 7) is 6.90. The molecule has 0 aromatic heterocycles. The average Bonchev–Trinajstić information content (AvgIpc) is 2.46. The summed E-state index contributed by atoms with van der Waals surface area (Å²) < 4.78 is 4.96. The van der Waals surface area contributed by atoms with Crippen LogP contribution in [0.3, 0.4) is 0 Å². The summed E-state index contributed by atoms with van der Waals surface area (Å²) in [5.41, 5.74) is 5.84. The van der Waals surface area contributed by atoms with Gasteiger partial charge in [-0.3, -0.25) is 9.59 Å². The van der Waals surface area contributed by atoms with Crippen LogP contribution in [0.2, 0.25) is 0 Å². The van der Waals surface area contributed by atoms with Gasteiger partial charge in [-0.1, -0.05) is 37.3 Å². The zero-order valence-electron chi connectivity index (χ0n) is 12.6. The molecule has 4 heteroatoms. The maximum Gasteiger partial charge on any atom is 0.319 e. The van der Waals surface area contributed by atoms with Crippen LogP contribution in [0.25, 0.3) is 0 Å². The van der Waals surface area contributed by atoms with Gasteiger partial charge >= 0.3 is 5.97 Å². The molecule has 4 nitrogen and oxygen atoms in total. The van der Waals surface area contributed by atoms with Crippen LogP contribution in [0, 0.1) is 11.3 Å². The molecule has 0 aliphatic carbocycles. The summed E-state index contributed by atoms with van der Waals surface area (Å²) in [6, 6.07) is 8.98. The molecule has 0 aliphatic rings. The van der Waals surface area contributed by atoms with Gasteiger partial charge in [0.25, 0.3) is 0 Å². The van der Waals surface area contributed by atoms with Crippen molar-refractivity contribution in [2.75, 3.05) is 6.61 Å². The van der Waals surface area contributed by atoms with Gasteiger partial charge in [0.1, 0.15) is 5.41 Å². The summed E-state index contributed by atoms with van der Waals surface area (Å²) in [7, 11) is 0. The first-order valence-corrected chi connectivity index (χ1v) is 6.84. The van der Waals surface area contributed by atoms with Crippen molar-refractivity contribution in [3.8, 4) is 0 Å². The fourth-order valence-electron chi connectivity index (χ4n) is 2.11. The molecule has 2 atom stereocenters. The first-order chi connectivity index (χ1) is 9.32. The van der Waals surface area contributed by atoms with Crippen LogP contribution in [0.15, 0.2) is 30.3 Å². The highest BCUT2D eigenvalue weighted by molar-refractivity contribution is 6.04. The Kier molecular flexibility index (Phi) is 5.45. The predicted molar refractivity (Wildman–Crippen MR) is 78.0 cm³/mol. The third-order valence-corrected chi connectivity index (χ3v) is 3.54. The summed E-state index contributed by atoms with van der Waals surface area (Å²) in [6.07, 6.45) is 0. The lowest BCUT2D eigenvalue weighted by molar-refractivity contribution is -0.159. The van der Waals surface area contributed by atoms with Crippen LogP contribution in [0.1, 0.15) is 39.3 Å². The predicted octanol–water partition coefficient (Wildman–Crippen LogP) is 2.48. The summed E-state index contributed by atoms with van der Waals surface area (Å²) in [5.74, 6) is -1.17. The molecule has 0 bridgehead atoms. The van der Waals surface area contributed by atoms with Crippen LogP contribution in [0.5, 0.6) is 0 Å². The van der Waals surface area contributed by atoms with Gasteiger partial charge in [-0.05, 0) is 26.3 Å². The van der Waals surface area contributed by atoms with Crippen molar-refractivity contribution in [3.05, 3.63) is 35.9 Å². The molecular weight excluding hydrogens is 254 g/mol. The molecule has 110 valence electrons. The molecule has 2 N–H and O–H groups in total. The Balaban J connectivity index is 2.88. The molecule has 20 heavy (non-hydrogen) atoms. The van der Waals surface area contributed by atoms with E-state index in [-0.39, 0.29) is 12.4 Å². The Morgan fingerprint density at radius 1 is 1.25 bits per heavy atom. The van der Waals surface area contributed by atoms with Crippen molar-refractivity contribution < 1.29 is 14.3 Å². The number of esters is 1. The minimum Gasteiger partial charge on any atom is -0.465 e. The number of hydrogen-bond acceptors (Lipinski definition) is 4. The Hall–Kier alpha value is -1.68. The van der Waals surface area contributed by atoms with Crippen molar-refractivity contribution >= 4 is 11.8 Å². The normalized spacial score (nSPS) is 14.4. The lowest BCUT2D eigenvalue weighted by Crippen LogP contribution is -2.41. The molecule has 0 unspecified atom stereocenters. The van der Waals surface area contributed by atoms with Gasteiger partial charge in [-0.25, -0.2) is 0 Å². The lowest BCUT2D eigenvalue weighted by atomic mass is 9.78. The Morgan fingerprint density at radius 2 is 1.80 bits per heavy atom. The fourth-order valence-corrected chi connectivity index (χ4v) is 2.11. The topological polar surface area (TPSA) is 69.4 Å². The van der Waals surface area contributed by atoms with E-state index in [1.54, 1.807) is 27.7 Å². The third-order valence-electron chi connectivity index (χ3n) is 3.54. The van der Waals surface area contributed by atoms with E-state index in [4.69, 9.17) is 10.5 Å². The maximum atomic E-state index is 12.5. The van der Waals surface area contributed by atoms with Gasteiger partial charge in [0.15, 0.2) is 5.78 Å². The minimum absolute atomic E-state index is 0.202. The average molecular weight is 277 g/mol. The molecule has 1 rings (SSSR count). The van der Waals surface area contributed by atoms with E-state index >= 15 is 0 Å². The van der Waals surface area contributed by atoms with Crippen LogP contribution < -0.4 is 5.73 Å². The van der Waals surface area contributed by atoms with Gasteiger partial charge in [-0.2, -0.15) is 0 Å². The number of ether oxygens (including phenoxy) is 1. The van der Waals surface area contributed by atoms with Crippen LogP contribution in [-0.2, 0) is 14.3 Å². The summed E-state index contributed by atoms with van der Waals surface area (Å²) in [5, 5.41) is 0. The van der Waals surface area contributed by atoms with Gasteiger partial charge in [0.05, 0.1) is 6.61 Å². The molecule has 1 aromatic rings. The zero-order valence-corrected chi connectivity index (χ0v) is 12.6. The molecule has 0 aliphatic heterocycles. The van der Waals surface area contributed by atoms with E-state index in [1.807, 2.05) is 30.3 Å². The maximum absolute atomic E-state index is 12.5. The largest absolute Gasteiger partial charge is 0.465 e. The smallest absolute Gasteiger partial charge is 0.319 e. The Labute approximate surface area is 120 Å². The van der Waals surface area contributed by atoms with Gasteiger partial charge in [0.2, 0.25) is 0 Å². The van der Waals surface area contributed by atoms with Gasteiger partial charge < -0.3 is 10.5 Å². The highest BCUT2D eigenvalue weighted by atomic mass is 16.5. The molecule has 0 spiro atoms. The van der Waals surface area contributed by atoms with E-state index in [0.29, 0.717) is 0 Å².